The molecule has 0 aliphatic heterocycles. The minimum atomic E-state index is 0.202. The van der Waals surface area contributed by atoms with E-state index in [-0.39, 0.29) is 6.04 Å². The molecule has 0 amide bonds. The molecule has 100 valence electrons. The molecule has 1 aliphatic rings. The van der Waals surface area contributed by atoms with Gasteiger partial charge < -0.3 is 15.0 Å². The number of benzene rings is 1. The van der Waals surface area contributed by atoms with Crippen LogP contribution in [0.4, 0.5) is 0 Å². The summed E-state index contributed by atoms with van der Waals surface area (Å²) in [5.41, 5.74) is 10.0. The molecular formula is C16H20N2O. The van der Waals surface area contributed by atoms with E-state index in [0.717, 1.165) is 18.6 Å². The van der Waals surface area contributed by atoms with Crippen LogP contribution in [0.5, 0.6) is 5.75 Å². The van der Waals surface area contributed by atoms with Crippen LogP contribution in [0, 0.1) is 0 Å². The number of fused-ring (bicyclic) bond motifs is 1. The Bertz CT molecular complexity index is 557. The molecule has 0 spiro atoms. The van der Waals surface area contributed by atoms with Crippen molar-refractivity contribution in [1.29, 1.82) is 0 Å². The lowest BCUT2D eigenvalue weighted by molar-refractivity contribution is 0.340. The summed E-state index contributed by atoms with van der Waals surface area (Å²) in [7, 11) is 0. The second-order valence-electron chi connectivity index (χ2n) is 5.01. The van der Waals surface area contributed by atoms with Gasteiger partial charge in [0.05, 0.1) is 6.61 Å². The lowest BCUT2D eigenvalue weighted by Gasteiger charge is -2.21. The summed E-state index contributed by atoms with van der Waals surface area (Å²) in [6, 6.07) is 10.6. The molecule has 0 saturated carbocycles. The maximum Gasteiger partial charge on any atom is 0.119 e. The van der Waals surface area contributed by atoms with E-state index in [9.17, 15) is 0 Å². The first kappa shape index (κ1) is 12.3. The summed E-state index contributed by atoms with van der Waals surface area (Å²) in [6.45, 7) is 2.70. The quantitative estimate of drug-likeness (QED) is 0.916. The van der Waals surface area contributed by atoms with Gasteiger partial charge in [0.1, 0.15) is 5.75 Å². The maximum atomic E-state index is 6.17. The molecule has 0 saturated heterocycles. The van der Waals surface area contributed by atoms with Crippen molar-refractivity contribution in [2.75, 3.05) is 6.61 Å². The van der Waals surface area contributed by atoms with Gasteiger partial charge in [-0.2, -0.15) is 0 Å². The zero-order valence-corrected chi connectivity index (χ0v) is 11.3. The zero-order valence-electron chi connectivity index (χ0n) is 11.3. The molecule has 0 radical (unpaired) electrons. The molecule has 1 aromatic heterocycles. The third-order valence-corrected chi connectivity index (χ3v) is 3.78. The second kappa shape index (κ2) is 5.10. The van der Waals surface area contributed by atoms with Crippen LogP contribution in [-0.2, 0) is 6.42 Å². The standard InChI is InChI=1S/C16H20N2O/c1-2-19-13-8-6-12(7-9-13)18-11-10-14-15(17)4-3-5-16(14)18/h6-11,15H,2-5,17H2,1H3. The van der Waals surface area contributed by atoms with Gasteiger partial charge in [0.25, 0.3) is 0 Å². The van der Waals surface area contributed by atoms with Crippen molar-refractivity contribution in [2.45, 2.75) is 32.2 Å². The Kier molecular flexibility index (Phi) is 3.30. The van der Waals surface area contributed by atoms with Crippen LogP contribution in [0.3, 0.4) is 0 Å². The van der Waals surface area contributed by atoms with Crippen molar-refractivity contribution in [2.24, 2.45) is 5.73 Å². The van der Waals surface area contributed by atoms with Gasteiger partial charge in [0.2, 0.25) is 0 Å². The first-order valence-corrected chi connectivity index (χ1v) is 6.98. The topological polar surface area (TPSA) is 40.2 Å². The first-order valence-electron chi connectivity index (χ1n) is 6.98. The molecule has 1 heterocycles. The fourth-order valence-corrected chi connectivity index (χ4v) is 2.84. The first-order chi connectivity index (χ1) is 9.29. The van der Waals surface area contributed by atoms with Gasteiger partial charge in [-0.1, -0.05) is 0 Å². The number of ether oxygens (including phenoxy) is 1. The maximum absolute atomic E-state index is 6.17. The van der Waals surface area contributed by atoms with Gasteiger partial charge >= 0.3 is 0 Å². The summed E-state index contributed by atoms with van der Waals surface area (Å²) in [5.74, 6) is 0.920. The summed E-state index contributed by atoms with van der Waals surface area (Å²) in [5, 5.41) is 0. The minimum absolute atomic E-state index is 0.202. The molecule has 3 rings (SSSR count). The normalized spacial score (nSPS) is 18.1. The third-order valence-electron chi connectivity index (χ3n) is 3.78. The van der Waals surface area contributed by atoms with Crippen LogP contribution >= 0.6 is 0 Å². The smallest absolute Gasteiger partial charge is 0.119 e. The number of rotatable bonds is 3. The average molecular weight is 256 g/mol. The predicted octanol–water partition coefficient (Wildman–Crippen LogP) is 3.21. The van der Waals surface area contributed by atoms with Crippen molar-refractivity contribution in [3.63, 3.8) is 0 Å². The van der Waals surface area contributed by atoms with Gasteiger partial charge in [0.15, 0.2) is 0 Å². The van der Waals surface area contributed by atoms with Gasteiger partial charge in [-0.05, 0) is 62.1 Å². The highest BCUT2D eigenvalue weighted by Crippen LogP contribution is 2.30. The van der Waals surface area contributed by atoms with E-state index in [1.54, 1.807) is 0 Å². The molecule has 1 aliphatic carbocycles. The molecule has 2 aromatic rings. The van der Waals surface area contributed by atoms with Crippen molar-refractivity contribution < 1.29 is 4.74 Å². The average Bonchev–Trinajstić information content (AvgIpc) is 2.85. The van der Waals surface area contributed by atoms with E-state index in [0.29, 0.717) is 6.61 Å². The minimum Gasteiger partial charge on any atom is -0.494 e. The van der Waals surface area contributed by atoms with Crippen LogP contribution in [-0.4, -0.2) is 11.2 Å². The molecule has 3 heteroatoms. The van der Waals surface area contributed by atoms with Crippen LogP contribution in [0.25, 0.3) is 5.69 Å². The van der Waals surface area contributed by atoms with Crippen LogP contribution in [0.1, 0.15) is 37.1 Å². The number of hydrogen-bond donors (Lipinski definition) is 1. The lowest BCUT2D eigenvalue weighted by Crippen LogP contribution is -2.17. The van der Waals surface area contributed by atoms with Gasteiger partial charge in [0, 0.05) is 23.6 Å². The highest BCUT2D eigenvalue weighted by molar-refractivity contribution is 5.42. The van der Waals surface area contributed by atoms with E-state index in [1.165, 1.54) is 23.4 Å². The zero-order chi connectivity index (χ0) is 13.2. The molecular weight excluding hydrogens is 236 g/mol. The van der Waals surface area contributed by atoms with E-state index in [2.05, 4.69) is 29.0 Å². The largest absolute Gasteiger partial charge is 0.494 e. The Morgan fingerprint density at radius 3 is 2.79 bits per heavy atom. The molecule has 1 aromatic carbocycles. The highest BCUT2D eigenvalue weighted by atomic mass is 16.5. The predicted molar refractivity (Wildman–Crippen MR) is 76.8 cm³/mol. The third kappa shape index (κ3) is 2.26. The van der Waals surface area contributed by atoms with E-state index in [1.807, 2.05) is 19.1 Å². The summed E-state index contributed by atoms with van der Waals surface area (Å²) >= 11 is 0. The molecule has 0 fully saturated rings. The number of hydrogen-bond acceptors (Lipinski definition) is 2. The molecule has 1 unspecified atom stereocenters. The fraction of sp³-hybridized carbons (Fsp3) is 0.375. The molecule has 0 bridgehead atoms. The van der Waals surface area contributed by atoms with Gasteiger partial charge in [-0.15, -0.1) is 0 Å². The number of nitrogens with zero attached hydrogens (tertiary/aromatic N) is 1. The van der Waals surface area contributed by atoms with Crippen molar-refractivity contribution in [3.05, 3.63) is 47.8 Å². The fourth-order valence-electron chi connectivity index (χ4n) is 2.84. The summed E-state index contributed by atoms with van der Waals surface area (Å²) in [6.07, 6.45) is 5.52. The SMILES string of the molecule is CCOc1ccc(-n2ccc3c2CCCC3N)cc1. The Labute approximate surface area is 114 Å². The van der Waals surface area contributed by atoms with Crippen LogP contribution < -0.4 is 10.5 Å². The van der Waals surface area contributed by atoms with Crippen molar-refractivity contribution in [1.82, 2.24) is 4.57 Å². The molecule has 19 heavy (non-hydrogen) atoms. The summed E-state index contributed by atoms with van der Waals surface area (Å²) < 4.78 is 7.73. The Balaban J connectivity index is 1.94. The van der Waals surface area contributed by atoms with Crippen molar-refractivity contribution in [3.8, 4) is 11.4 Å². The molecule has 2 N–H and O–H groups in total. The van der Waals surface area contributed by atoms with Crippen LogP contribution in [0.15, 0.2) is 36.5 Å². The highest BCUT2D eigenvalue weighted by Gasteiger charge is 2.20. The van der Waals surface area contributed by atoms with Crippen LogP contribution in [0.2, 0.25) is 0 Å². The Hall–Kier alpha value is -1.74. The van der Waals surface area contributed by atoms with Gasteiger partial charge in [-0.3, -0.25) is 0 Å². The number of aromatic nitrogens is 1. The lowest BCUT2D eigenvalue weighted by atomic mass is 9.93. The second-order valence-corrected chi connectivity index (χ2v) is 5.01. The summed E-state index contributed by atoms with van der Waals surface area (Å²) in [4.78, 5) is 0. The molecule has 1 atom stereocenters. The Morgan fingerprint density at radius 2 is 2.05 bits per heavy atom. The Morgan fingerprint density at radius 1 is 1.26 bits per heavy atom. The van der Waals surface area contributed by atoms with Crippen molar-refractivity contribution >= 4 is 0 Å². The van der Waals surface area contributed by atoms with Gasteiger partial charge in [-0.25, -0.2) is 0 Å². The number of nitrogens with two attached hydrogens (primary N) is 1. The molecule has 3 nitrogen and oxygen atoms in total. The van der Waals surface area contributed by atoms with E-state index >= 15 is 0 Å². The van der Waals surface area contributed by atoms with E-state index in [4.69, 9.17) is 10.5 Å². The monoisotopic (exact) mass is 256 g/mol. The van der Waals surface area contributed by atoms with E-state index < -0.39 is 0 Å².